The van der Waals surface area contributed by atoms with Gasteiger partial charge in [-0.15, -0.1) is 0 Å². The van der Waals surface area contributed by atoms with E-state index in [4.69, 9.17) is 0 Å². The highest BCUT2D eigenvalue weighted by Crippen LogP contribution is 2.40. The van der Waals surface area contributed by atoms with Crippen molar-refractivity contribution in [3.05, 3.63) is 0 Å². The predicted molar refractivity (Wildman–Crippen MR) is 58.2 cm³/mol. The van der Waals surface area contributed by atoms with Gasteiger partial charge in [-0.3, -0.25) is 0 Å². The average Bonchev–Trinajstić information content (AvgIpc) is 2.71. The van der Waals surface area contributed by atoms with Crippen LogP contribution in [0.1, 0.15) is 46.0 Å². The minimum atomic E-state index is -0.302. The molecule has 0 aromatic rings. The van der Waals surface area contributed by atoms with Crippen molar-refractivity contribution in [1.82, 2.24) is 4.90 Å². The Bertz CT molecular complexity index is 196. The van der Waals surface area contributed by atoms with Gasteiger partial charge in [0.15, 0.2) is 0 Å². The molecule has 0 bridgehead atoms. The summed E-state index contributed by atoms with van der Waals surface area (Å²) in [7, 11) is 0. The molecule has 0 aromatic carbocycles. The summed E-state index contributed by atoms with van der Waals surface area (Å²) in [4.78, 5) is 2.50. The van der Waals surface area contributed by atoms with Crippen molar-refractivity contribution in [2.45, 2.75) is 57.6 Å². The minimum absolute atomic E-state index is 0.302. The largest absolute Gasteiger partial charge is 0.390 e. The van der Waals surface area contributed by atoms with Gasteiger partial charge in [0.25, 0.3) is 0 Å². The van der Waals surface area contributed by atoms with Gasteiger partial charge in [-0.2, -0.15) is 0 Å². The number of aliphatic hydroxyl groups is 1. The maximum Gasteiger partial charge on any atom is 0.0688 e. The highest BCUT2D eigenvalue weighted by atomic mass is 16.3. The summed E-state index contributed by atoms with van der Waals surface area (Å²) in [6.45, 7) is 6.81. The van der Waals surface area contributed by atoms with Crippen molar-refractivity contribution >= 4 is 0 Å². The molecule has 1 aliphatic carbocycles. The molecule has 1 saturated carbocycles. The standard InChI is InChI=1S/C12H23NO/c1-10(2)13-8-5-11(9-13)12(14)6-3-4-7-12/h10-11,14H,3-9H2,1-2H3. The van der Waals surface area contributed by atoms with Crippen LogP contribution < -0.4 is 0 Å². The normalized spacial score (nSPS) is 33.0. The molecule has 0 radical (unpaired) electrons. The molecule has 2 heteroatoms. The molecule has 82 valence electrons. The summed E-state index contributed by atoms with van der Waals surface area (Å²) >= 11 is 0. The lowest BCUT2D eigenvalue weighted by Crippen LogP contribution is -2.38. The zero-order valence-corrected chi connectivity index (χ0v) is 9.50. The van der Waals surface area contributed by atoms with Crippen molar-refractivity contribution in [3.8, 4) is 0 Å². The second kappa shape index (κ2) is 3.82. The number of nitrogens with zero attached hydrogens (tertiary/aromatic N) is 1. The zero-order valence-electron chi connectivity index (χ0n) is 9.50. The van der Waals surface area contributed by atoms with Gasteiger partial charge in [0.2, 0.25) is 0 Å². The van der Waals surface area contributed by atoms with Gasteiger partial charge in [0.05, 0.1) is 5.60 Å². The van der Waals surface area contributed by atoms with E-state index < -0.39 is 0 Å². The topological polar surface area (TPSA) is 23.5 Å². The number of hydrogen-bond acceptors (Lipinski definition) is 2. The van der Waals surface area contributed by atoms with Gasteiger partial charge in [-0.1, -0.05) is 12.8 Å². The van der Waals surface area contributed by atoms with Crippen LogP contribution in [-0.2, 0) is 0 Å². The SMILES string of the molecule is CC(C)N1CCC(C2(O)CCCC2)C1. The molecule has 1 heterocycles. The molecule has 1 atom stereocenters. The second-order valence-corrected chi connectivity index (χ2v) is 5.38. The van der Waals surface area contributed by atoms with Crippen molar-refractivity contribution in [2.75, 3.05) is 13.1 Å². The third kappa shape index (κ3) is 1.82. The van der Waals surface area contributed by atoms with Crippen LogP contribution in [0.2, 0.25) is 0 Å². The van der Waals surface area contributed by atoms with Crippen molar-refractivity contribution in [1.29, 1.82) is 0 Å². The number of rotatable bonds is 2. The average molecular weight is 197 g/mol. The summed E-state index contributed by atoms with van der Waals surface area (Å²) in [5.74, 6) is 0.549. The molecule has 0 aromatic heterocycles. The van der Waals surface area contributed by atoms with Crippen LogP contribution in [0.5, 0.6) is 0 Å². The van der Waals surface area contributed by atoms with Crippen LogP contribution in [0.25, 0.3) is 0 Å². The van der Waals surface area contributed by atoms with Crippen molar-refractivity contribution in [3.63, 3.8) is 0 Å². The van der Waals surface area contributed by atoms with Gasteiger partial charge in [0.1, 0.15) is 0 Å². The van der Waals surface area contributed by atoms with E-state index in [9.17, 15) is 5.11 Å². The fraction of sp³-hybridized carbons (Fsp3) is 1.00. The Kier molecular flexibility index (Phi) is 2.85. The summed E-state index contributed by atoms with van der Waals surface area (Å²) in [5, 5.41) is 10.5. The molecular weight excluding hydrogens is 174 g/mol. The first kappa shape index (κ1) is 10.4. The molecule has 1 aliphatic heterocycles. The highest BCUT2D eigenvalue weighted by Gasteiger charge is 2.42. The zero-order chi connectivity index (χ0) is 10.2. The van der Waals surface area contributed by atoms with Gasteiger partial charge in [0, 0.05) is 18.5 Å². The Labute approximate surface area is 87.3 Å². The molecule has 2 nitrogen and oxygen atoms in total. The second-order valence-electron chi connectivity index (χ2n) is 5.38. The van der Waals surface area contributed by atoms with E-state index in [0.29, 0.717) is 12.0 Å². The number of hydrogen-bond donors (Lipinski definition) is 1. The van der Waals surface area contributed by atoms with Crippen molar-refractivity contribution < 1.29 is 5.11 Å². The van der Waals surface area contributed by atoms with Gasteiger partial charge in [-0.25, -0.2) is 0 Å². The van der Waals surface area contributed by atoms with E-state index in [-0.39, 0.29) is 5.60 Å². The molecule has 0 spiro atoms. The van der Waals surface area contributed by atoms with E-state index in [0.717, 1.165) is 19.4 Å². The lowest BCUT2D eigenvalue weighted by atomic mass is 9.85. The van der Waals surface area contributed by atoms with Gasteiger partial charge in [-0.05, 0) is 39.7 Å². The third-order valence-electron chi connectivity index (χ3n) is 4.18. The summed E-state index contributed by atoms with van der Waals surface area (Å²) < 4.78 is 0. The summed E-state index contributed by atoms with van der Waals surface area (Å²) in [6.07, 6.45) is 5.76. The Morgan fingerprint density at radius 1 is 1.29 bits per heavy atom. The first-order valence-corrected chi connectivity index (χ1v) is 6.08. The molecule has 0 amide bonds. The maximum absolute atomic E-state index is 10.5. The van der Waals surface area contributed by atoms with E-state index in [1.54, 1.807) is 0 Å². The fourth-order valence-corrected chi connectivity index (χ4v) is 3.09. The Morgan fingerprint density at radius 3 is 2.43 bits per heavy atom. The van der Waals surface area contributed by atoms with Crippen LogP contribution in [0, 0.1) is 5.92 Å². The van der Waals surface area contributed by atoms with E-state index in [2.05, 4.69) is 18.7 Å². The highest BCUT2D eigenvalue weighted by molar-refractivity contribution is 4.95. The van der Waals surface area contributed by atoms with Gasteiger partial charge >= 0.3 is 0 Å². The van der Waals surface area contributed by atoms with E-state index in [1.165, 1.54) is 25.8 Å². The van der Waals surface area contributed by atoms with E-state index >= 15 is 0 Å². The van der Waals surface area contributed by atoms with Crippen LogP contribution in [0.3, 0.4) is 0 Å². The predicted octanol–water partition coefficient (Wildman–Crippen LogP) is 2.02. The lowest BCUT2D eigenvalue weighted by molar-refractivity contribution is -0.00928. The van der Waals surface area contributed by atoms with E-state index in [1.807, 2.05) is 0 Å². The minimum Gasteiger partial charge on any atom is -0.390 e. The summed E-state index contributed by atoms with van der Waals surface area (Å²) in [5.41, 5.74) is -0.302. The summed E-state index contributed by atoms with van der Waals surface area (Å²) in [6, 6.07) is 0.644. The molecule has 1 unspecified atom stereocenters. The Balaban J connectivity index is 1.94. The molecule has 14 heavy (non-hydrogen) atoms. The molecule has 1 N–H and O–H groups in total. The number of likely N-dealkylation sites (tertiary alicyclic amines) is 1. The fourth-order valence-electron chi connectivity index (χ4n) is 3.09. The Hall–Kier alpha value is -0.0800. The molecule has 1 saturated heterocycles. The molecular formula is C12H23NO. The quantitative estimate of drug-likeness (QED) is 0.732. The first-order valence-electron chi connectivity index (χ1n) is 6.08. The van der Waals surface area contributed by atoms with Gasteiger partial charge < -0.3 is 10.0 Å². The smallest absolute Gasteiger partial charge is 0.0688 e. The van der Waals surface area contributed by atoms with Crippen LogP contribution in [0.4, 0.5) is 0 Å². The Morgan fingerprint density at radius 2 is 1.93 bits per heavy atom. The van der Waals surface area contributed by atoms with Crippen LogP contribution >= 0.6 is 0 Å². The van der Waals surface area contributed by atoms with Crippen LogP contribution in [0.15, 0.2) is 0 Å². The lowest BCUT2D eigenvalue weighted by Gasteiger charge is -2.30. The third-order valence-corrected chi connectivity index (χ3v) is 4.18. The van der Waals surface area contributed by atoms with Crippen LogP contribution in [-0.4, -0.2) is 34.7 Å². The van der Waals surface area contributed by atoms with Crippen molar-refractivity contribution in [2.24, 2.45) is 5.92 Å². The molecule has 2 aliphatic rings. The monoisotopic (exact) mass is 197 g/mol. The molecule has 2 rings (SSSR count). The maximum atomic E-state index is 10.5. The molecule has 2 fully saturated rings. The first-order chi connectivity index (χ1) is 6.62.